The predicted octanol–water partition coefficient (Wildman–Crippen LogP) is 11.9. The van der Waals surface area contributed by atoms with Gasteiger partial charge in [0.15, 0.2) is 19.7 Å². The molecule has 3 unspecified atom stereocenters. The molecule has 26 heteroatoms. The Bertz CT molecular complexity index is 4090. The number of sulfone groups is 2. The number of nitriles is 2. The first-order chi connectivity index (χ1) is 42.0. The zero-order valence-electron chi connectivity index (χ0n) is 49.0. The summed E-state index contributed by atoms with van der Waals surface area (Å²) in [5.41, 5.74) is 3.51. The molecule has 7 aromatic rings. The van der Waals surface area contributed by atoms with Crippen molar-refractivity contribution >= 4 is 118 Å². The number of benzene rings is 7. The van der Waals surface area contributed by atoms with Crippen LogP contribution in [0.5, 0.6) is 17.2 Å². The van der Waals surface area contributed by atoms with Gasteiger partial charge in [0.05, 0.1) is 66.6 Å². The van der Waals surface area contributed by atoms with E-state index in [1.165, 1.54) is 60.7 Å². The van der Waals surface area contributed by atoms with Crippen LogP contribution in [-0.4, -0.2) is 84.5 Å². The smallest absolute Gasteiger partial charge is 0.323 e. The van der Waals surface area contributed by atoms with Crippen molar-refractivity contribution in [1.82, 2.24) is 0 Å². The molecule has 3 atom stereocenters. The molecule has 0 aliphatic heterocycles. The molecule has 0 aliphatic carbocycles. The third-order valence-corrected chi connectivity index (χ3v) is 17.5. The van der Waals surface area contributed by atoms with Crippen molar-refractivity contribution in [2.24, 2.45) is 11.8 Å². The minimum absolute atomic E-state index is 0.0107. The number of nitrogens with one attached hydrogen (secondary N) is 7. The van der Waals surface area contributed by atoms with Crippen LogP contribution in [0.1, 0.15) is 84.9 Å². The highest BCUT2D eigenvalue weighted by Gasteiger charge is 2.34. The van der Waals surface area contributed by atoms with Gasteiger partial charge in [-0.2, -0.15) is 10.5 Å². The molecule has 89 heavy (non-hydrogen) atoms. The van der Waals surface area contributed by atoms with E-state index >= 15 is 0 Å². The number of hydrogen-bond acceptors (Lipinski definition) is 15. The first-order valence-corrected chi connectivity index (χ1v) is 31.3. The molecular weight excluding hydrogens is 1230 g/mol. The number of nitrogens with zero attached hydrogens (tertiary/aromatic N) is 2. The molecule has 22 nitrogen and oxygen atoms in total. The Morgan fingerprint density at radius 2 is 1.00 bits per heavy atom. The van der Waals surface area contributed by atoms with Crippen LogP contribution < -0.4 is 37.2 Å². The van der Waals surface area contributed by atoms with E-state index in [0.717, 1.165) is 24.0 Å². The number of aryl methyl sites for hydroxylation is 1. The number of halogens is 2. The second-order valence-electron chi connectivity index (χ2n) is 20.2. The Morgan fingerprint density at radius 1 is 0.506 bits per heavy atom. The van der Waals surface area contributed by atoms with E-state index in [1.54, 1.807) is 100 Å². The van der Waals surface area contributed by atoms with Crippen molar-refractivity contribution < 1.29 is 60.9 Å². The third-order valence-electron chi connectivity index (χ3n) is 13.0. The molecule has 0 saturated carbocycles. The van der Waals surface area contributed by atoms with Gasteiger partial charge in [-0.3, -0.25) is 24.0 Å². The van der Waals surface area contributed by atoms with Crippen molar-refractivity contribution in [3.63, 3.8) is 0 Å². The van der Waals surface area contributed by atoms with Gasteiger partial charge < -0.3 is 52.5 Å². The van der Waals surface area contributed by atoms with Crippen LogP contribution in [0.25, 0.3) is 0 Å². The zero-order valence-corrected chi connectivity index (χ0v) is 52.1. The molecule has 7 amide bonds. The summed E-state index contributed by atoms with van der Waals surface area (Å²) in [5.74, 6) is -4.14. The predicted molar refractivity (Wildman–Crippen MR) is 343 cm³/mol. The second kappa shape index (κ2) is 31.6. The van der Waals surface area contributed by atoms with Gasteiger partial charge in [0.25, 0.3) is 11.8 Å². The van der Waals surface area contributed by atoms with Crippen molar-refractivity contribution in [2.75, 3.05) is 43.5 Å². The van der Waals surface area contributed by atoms with Crippen molar-refractivity contribution in [3.05, 3.63) is 183 Å². The number of phenolic OH excluding ortho intramolecular Hbond substituents is 3. The summed E-state index contributed by atoms with van der Waals surface area (Å²) in [6.07, 6.45) is 1.72. The Labute approximate surface area is 524 Å². The summed E-state index contributed by atoms with van der Waals surface area (Å²) in [7, 11) is -7.61. The number of aromatic hydroxyl groups is 3. The highest BCUT2D eigenvalue weighted by Crippen LogP contribution is 2.37. The lowest BCUT2D eigenvalue weighted by Gasteiger charge is -2.19. The number of phenols is 3. The van der Waals surface area contributed by atoms with Gasteiger partial charge in [-0.25, -0.2) is 21.6 Å². The Balaban J connectivity index is 0.000000246. The Hall–Kier alpha value is -9.98. The third kappa shape index (κ3) is 19.8. The number of amides is 7. The van der Waals surface area contributed by atoms with Crippen LogP contribution in [0.3, 0.4) is 0 Å². The number of rotatable bonds is 18. The fraction of sp³-hybridized carbons (Fsp3) is 0.206. The average Bonchev–Trinajstić information content (AvgIpc) is 1.33. The lowest BCUT2D eigenvalue weighted by atomic mass is 10.1. The van der Waals surface area contributed by atoms with Gasteiger partial charge >= 0.3 is 6.03 Å². The van der Waals surface area contributed by atoms with E-state index in [2.05, 4.69) is 37.2 Å². The van der Waals surface area contributed by atoms with Crippen molar-refractivity contribution in [2.45, 2.75) is 69.8 Å². The molecular formula is C63H63Cl2N9O13S2. The maximum atomic E-state index is 13.0. The van der Waals surface area contributed by atoms with Gasteiger partial charge in [0.2, 0.25) is 17.7 Å². The van der Waals surface area contributed by atoms with E-state index in [-0.39, 0.29) is 84.4 Å². The van der Waals surface area contributed by atoms with E-state index in [0.29, 0.717) is 34.5 Å². The van der Waals surface area contributed by atoms with Gasteiger partial charge in [0, 0.05) is 52.9 Å². The fourth-order valence-corrected chi connectivity index (χ4v) is 11.8. The number of anilines is 7. The molecule has 7 aromatic carbocycles. The SMILES string of the molecule is CC(C)C(C(=O)Nc1cc(O)c(NC(=O)c2ccccc2)cc1Cl)S(C)(=O)=O.CCC(C(=O)Nc1cc(O)c(NC(=O)c2ccc(C#N)cc2)cc1Cl)S(=O)(=O)c1cccc(C)c1.CCC(C)C(=O)Nc1ccc(NC(=O)Nc2ccc(C#N)cc2)c(O)c1. The minimum Gasteiger partial charge on any atom is -0.506 e. The molecule has 0 heterocycles. The monoisotopic (exact) mass is 1290 g/mol. The molecule has 10 N–H and O–H groups in total. The second-order valence-corrected chi connectivity index (χ2v) is 25.3. The normalized spacial score (nSPS) is 11.8. The molecule has 0 spiro atoms. The summed E-state index contributed by atoms with van der Waals surface area (Å²) in [6, 6.07) is 39.6. The van der Waals surface area contributed by atoms with E-state index in [9.17, 15) is 60.9 Å². The zero-order chi connectivity index (χ0) is 65.9. The minimum atomic E-state index is -3.97. The average molecular weight is 1290 g/mol. The standard InChI is InChI=1S/C25H22ClN3O5S.C19H21ClN2O5S.C19H20N4O3/c1-3-23(35(33,34)18-6-4-5-15(2)11-18)25(32)28-20-13-22(30)21(12-19(20)26)29-24(31)17-9-7-16(14-27)8-10-17;1-11(2)17(28(3,26)27)19(25)21-14-10-16(23)15(9-13(14)20)22-18(24)12-7-5-4-6-8-12;1-3-12(2)18(25)21-15-8-9-16(17(24)10-15)23-19(26)22-14-6-4-13(11-20)5-7-14/h4-13,23,30H,3H2,1-2H3,(H,28,32)(H,29,31);4-11,17,23H,1-3H3,(H,21,25)(H,22,24);4-10,12,24H,3H2,1-2H3,(H,21,25)(H2,22,23,26). The maximum Gasteiger partial charge on any atom is 0.323 e. The fourth-order valence-electron chi connectivity index (χ4n) is 8.18. The molecule has 7 rings (SSSR count). The van der Waals surface area contributed by atoms with Crippen LogP contribution in [-0.2, 0) is 34.1 Å². The summed E-state index contributed by atoms with van der Waals surface area (Å²) in [6.45, 7) is 10.3. The lowest BCUT2D eigenvalue weighted by Crippen LogP contribution is -2.38. The maximum absolute atomic E-state index is 13.0. The van der Waals surface area contributed by atoms with Crippen LogP contribution in [0, 0.1) is 41.4 Å². The Morgan fingerprint density at radius 3 is 1.47 bits per heavy atom. The highest BCUT2D eigenvalue weighted by atomic mass is 35.5. The molecule has 0 aromatic heterocycles. The topological polar surface area (TPSA) is 363 Å². The molecule has 0 saturated heterocycles. The molecule has 0 bridgehead atoms. The number of urea groups is 1. The molecule has 0 radical (unpaired) electrons. The van der Waals surface area contributed by atoms with Gasteiger partial charge in [0.1, 0.15) is 27.7 Å². The molecule has 0 fully saturated rings. The Kier molecular flexibility index (Phi) is 24.8. The summed E-state index contributed by atoms with van der Waals surface area (Å²) in [4.78, 5) is 73.9. The number of carbonyl (C=O) groups excluding carboxylic acids is 6. The van der Waals surface area contributed by atoms with E-state index in [1.807, 2.05) is 26.0 Å². The molecule has 0 aliphatic rings. The summed E-state index contributed by atoms with van der Waals surface area (Å²) in [5, 5.41) is 63.4. The largest absolute Gasteiger partial charge is 0.506 e. The quantitative estimate of drug-likeness (QED) is 0.0357. The highest BCUT2D eigenvalue weighted by molar-refractivity contribution is 7.93. The van der Waals surface area contributed by atoms with E-state index in [4.69, 9.17) is 33.7 Å². The first-order valence-electron chi connectivity index (χ1n) is 27.1. The summed E-state index contributed by atoms with van der Waals surface area (Å²) >= 11 is 12.4. The van der Waals surface area contributed by atoms with Gasteiger partial charge in [-0.05, 0) is 128 Å². The molecule has 464 valence electrons. The van der Waals surface area contributed by atoms with Gasteiger partial charge in [-0.15, -0.1) is 0 Å². The van der Waals surface area contributed by atoms with Crippen LogP contribution in [0.15, 0.2) is 150 Å². The number of hydrogen-bond donors (Lipinski definition) is 10. The van der Waals surface area contributed by atoms with Crippen LogP contribution >= 0.6 is 23.2 Å². The first kappa shape index (κ1) is 69.8. The van der Waals surface area contributed by atoms with E-state index < -0.39 is 65.8 Å². The van der Waals surface area contributed by atoms with Crippen molar-refractivity contribution in [3.8, 4) is 29.4 Å². The van der Waals surface area contributed by atoms with Crippen molar-refractivity contribution in [1.29, 1.82) is 10.5 Å². The van der Waals surface area contributed by atoms with Gasteiger partial charge in [-0.1, -0.05) is 88.2 Å². The van der Waals surface area contributed by atoms with Crippen LogP contribution in [0.2, 0.25) is 10.0 Å². The number of carbonyl (C=O) groups is 6. The summed E-state index contributed by atoms with van der Waals surface area (Å²) < 4.78 is 49.8. The lowest BCUT2D eigenvalue weighted by molar-refractivity contribution is -0.119. The van der Waals surface area contributed by atoms with Crippen LogP contribution in [0.4, 0.5) is 44.6 Å².